The SMILES string of the molecule is C=CCOc1cccc(NC(=O)C2CCN(S(=O)(=O)Cc3c(F)cccc3Cl)CC2)c1. The molecule has 0 saturated carbocycles. The summed E-state index contributed by atoms with van der Waals surface area (Å²) >= 11 is 5.97. The summed E-state index contributed by atoms with van der Waals surface area (Å²) in [7, 11) is -3.75. The number of amides is 1. The highest BCUT2D eigenvalue weighted by Gasteiger charge is 2.32. The molecule has 1 heterocycles. The minimum Gasteiger partial charge on any atom is -0.489 e. The zero-order valence-electron chi connectivity index (χ0n) is 16.9. The first-order chi connectivity index (χ1) is 14.8. The van der Waals surface area contributed by atoms with Gasteiger partial charge in [0.1, 0.15) is 18.2 Å². The average Bonchev–Trinajstić information content (AvgIpc) is 2.75. The molecular formula is C22H24ClFN2O4S. The summed E-state index contributed by atoms with van der Waals surface area (Å²) in [6.07, 6.45) is 2.39. The van der Waals surface area contributed by atoms with Gasteiger partial charge in [0, 0.05) is 41.3 Å². The summed E-state index contributed by atoms with van der Waals surface area (Å²) in [5.74, 6) is -1.03. The number of benzene rings is 2. The fourth-order valence-corrected chi connectivity index (χ4v) is 5.32. The Hall–Kier alpha value is -2.42. The number of rotatable bonds is 8. The quantitative estimate of drug-likeness (QED) is 0.591. The van der Waals surface area contributed by atoms with E-state index in [0.717, 1.165) is 0 Å². The smallest absolute Gasteiger partial charge is 0.227 e. The van der Waals surface area contributed by atoms with Gasteiger partial charge in [0.05, 0.1) is 5.75 Å². The van der Waals surface area contributed by atoms with Crippen LogP contribution in [0.2, 0.25) is 5.02 Å². The maximum atomic E-state index is 14.0. The van der Waals surface area contributed by atoms with E-state index < -0.39 is 21.6 Å². The number of piperidine rings is 1. The van der Waals surface area contributed by atoms with Gasteiger partial charge in [-0.25, -0.2) is 17.1 Å². The lowest BCUT2D eigenvalue weighted by atomic mass is 9.97. The van der Waals surface area contributed by atoms with Gasteiger partial charge in [-0.3, -0.25) is 4.79 Å². The van der Waals surface area contributed by atoms with Crippen LogP contribution < -0.4 is 10.1 Å². The second-order valence-electron chi connectivity index (χ2n) is 7.25. The van der Waals surface area contributed by atoms with Crippen molar-refractivity contribution in [2.45, 2.75) is 18.6 Å². The number of carbonyl (C=O) groups is 1. The van der Waals surface area contributed by atoms with E-state index in [2.05, 4.69) is 11.9 Å². The molecule has 166 valence electrons. The minimum atomic E-state index is -3.75. The molecule has 1 aliphatic heterocycles. The summed E-state index contributed by atoms with van der Waals surface area (Å²) < 4.78 is 46.2. The summed E-state index contributed by atoms with van der Waals surface area (Å²) in [5, 5.41) is 2.94. The molecule has 0 bridgehead atoms. The number of carbonyl (C=O) groups excluding carboxylic acids is 1. The van der Waals surface area contributed by atoms with Crippen LogP contribution in [0.15, 0.2) is 55.1 Å². The molecule has 1 amide bonds. The molecule has 0 aliphatic carbocycles. The van der Waals surface area contributed by atoms with Gasteiger partial charge in [-0.2, -0.15) is 0 Å². The third-order valence-electron chi connectivity index (χ3n) is 5.08. The van der Waals surface area contributed by atoms with Gasteiger partial charge in [-0.05, 0) is 37.1 Å². The highest BCUT2D eigenvalue weighted by Crippen LogP contribution is 2.27. The lowest BCUT2D eigenvalue weighted by Crippen LogP contribution is -2.42. The Morgan fingerprint density at radius 1 is 1.26 bits per heavy atom. The zero-order valence-corrected chi connectivity index (χ0v) is 18.5. The molecule has 9 heteroatoms. The highest BCUT2D eigenvalue weighted by atomic mass is 35.5. The van der Waals surface area contributed by atoms with Gasteiger partial charge in [-0.1, -0.05) is 36.4 Å². The second-order valence-corrected chi connectivity index (χ2v) is 9.62. The van der Waals surface area contributed by atoms with Crippen molar-refractivity contribution in [3.05, 3.63) is 71.5 Å². The Labute approximate surface area is 186 Å². The molecule has 1 fully saturated rings. The molecular weight excluding hydrogens is 443 g/mol. The number of nitrogens with one attached hydrogen (secondary N) is 1. The molecule has 2 aromatic carbocycles. The van der Waals surface area contributed by atoms with Gasteiger partial charge in [0.25, 0.3) is 0 Å². The summed E-state index contributed by atoms with van der Waals surface area (Å²) in [5.41, 5.74) is 0.568. The first-order valence-corrected chi connectivity index (χ1v) is 11.8. The lowest BCUT2D eigenvalue weighted by Gasteiger charge is -2.30. The molecule has 1 aliphatic rings. The molecule has 1 saturated heterocycles. The number of halogens is 2. The fourth-order valence-electron chi connectivity index (χ4n) is 3.40. The molecule has 6 nitrogen and oxygen atoms in total. The van der Waals surface area contributed by atoms with E-state index in [-0.39, 0.29) is 35.5 Å². The largest absolute Gasteiger partial charge is 0.489 e. The molecule has 0 unspecified atom stereocenters. The first kappa shape index (κ1) is 23.2. The number of hydrogen-bond donors (Lipinski definition) is 1. The maximum absolute atomic E-state index is 14.0. The van der Waals surface area contributed by atoms with Crippen molar-refractivity contribution in [2.75, 3.05) is 25.0 Å². The Kier molecular flexibility index (Phi) is 7.69. The van der Waals surface area contributed by atoms with E-state index in [4.69, 9.17) is 16.3 Å². The molecule has 3 rings (SSSR count). The predicted octanol–water partition coefficient (Wildman–Crippen LogP) is 4.22. The number of nitrogens with zero attached hydrogens (tertiary/aromatic N) is 1. The molecule has 2 aromatic rings. The van der Waals surface area contributed by atoms with E-state index in [1.807, 2.05) is 0 Å². The topological polar surface area (TPSA) is 75.7 Å². The number of anilines is 1. The van der Waals surface area contributed by atoms with Crippen molar-refractivity contribution in [2.24, 2.45) is 5.92 Å². The van der Waals surface area contributed by atoms with Crippen molar-refractivity contribution < 1.29 is 22.3 Å². The van der Waals surface area contributed by atoms with Crippen LogP contribution in [0, 0.1) is 11.7 Å². The third kappa shape index (κ3) is 6.06. The van der Waals surface area contributed by atoms with Crippen molar-refractivity contribution in [3.63, 3.8) is 0 Å². The van der Waals surface area contributed by atoms with E-state index in [9.17, 15) is 17.6 Å². The van der Waals surface area contributed by atoms with Crippen LogP contribution >= 0.6 is 11.6 Å². The fraction of sp³-hybridized carbons (Fsp3) is 0.318. The van der Waals surface area contributed by atoms with Crippen molar-refractivity contribution >= 4 is 33.2 Å². The van der Waals surface area contributed by atoms with Gasteiger partial charge in [0.2, 0.25) is 15.9 Å². The molecule has 1 N–H and O–H groups in total. The van der Waals surface area contributed by atoms with E-state index >= 15 is 0 Å². The van der Waals surface area contributed by atoms with Crippen molar-refractivity contribution in [3.8, 4) is 5.75 Å². The van der Waals surface area contributed by atoms with Crippen LogP contribution in [0.3, 0.4) is 0 Å². The summed E-state index contributed by atoms with van der Waals surface area (Å²) in [6.45, 7) is 4.34. The molecule has 31 heavy (non-hydrogen) atoms. The third-order valence-corrected chi connectivity index (χ3v) is 7.24. The first-order valence-electron chi connectivity index (χ1n) is 9.85. The Morgan fingerprint density at radius 2 is 1.97 bits per heavy atom. The van der Waals surface area contributed by atoms with E-state index in [0.29, 0.717) is 30.9 Å². The average molecular weight is 467 g/mol. The lowest BCUT2D eigenvalue weighted by molar-refractivity contribution is -0.120. The minimum absolute atomic E-state index is 0.0393. The molecule has 0 spiro atoms. The highest BCUT2D eigenvalue weighted by molar-refractivity contribution is 7.88. The maximum Gasteiger partial charge on any atom is 0.227 e. The van der Waals surface area contributed by atoms with Crippen LogP contribution in [0.25, 0.3) is 0 Å². The van der Waals surface area contributed by atoms with E-state index in [1.54, 1.807) is 30.3 Å². The summed E-state index contributed by atoms with van der Waals surface area (Å²) in [4.78, 5) is 12.6. The second kappa shape index (κ2) is 10.3. The van der Waals surface area contributed by atoms with Crippen molar-refractivity contribution in [1.29, 1.82) is 0 Å². The molecule has 0 atom stereocenters. The zero-order chi connectivity index (χ0) is 22.4. The summed E-state index contributed by atoms with van der Waals surface area (Å²) in [6, 6.07) is 11.1. The van der Waals surface area contributed by atoms with Crippen molar-refractivity contribution in [1.82, 2.24) is 4.31 Å². The van der Waals surface area contributed by atoms with Gasteiger partial charge >= 0.3 is 0 Å². The van der Waals surface area contributed by atoms with Gasteiger partial charge < -0.3 is 10.1 Å². The van der Waals surface area contributed by atoms with Crippen LogP contribution in [0.4, 0.5) is 10.1 Å². The number of hydrogen-bond acceptors (Lipinski definition) is 4. The van der Waals surface area contributed by atoms with Gasteiger partial charge in [-0.15, -0.1) is 0 Å². The Bertz CT molecular complexity index is 1030. The number of sulfonamides is 1. The molecule has 0 radical (unpaired) electrons. The number of ether oxygens (including phenoxy) is 1. The standard InChI is InChI=1S/C22H24ClFN2O4S/c1-2-13-30-18-6-3-5-17(14-18)25-22(27)16-9-11-26(12-10-16)31(28,29)15-19-20(23)7-4-8-21(19)24/h2-8,14,16H,1,9-13,15H2,(H,25,27). The Morgan fingerprint density at radius 3 is 2.65 bits per heavy atom. The predicted molar refractivity (Wildman–Crippen MR) is 119 cm³/mol. The van der Waals surface area contributed by atoms with Crippen LogP contribution in [-0.4, -0.2) is 38.3 Å². The van der Waals surface area contributed by atoms with Crippen LogP contribution in [-0.2, 0) is 20.6 Å². The normalized spacial score (nSPS) is 15.4. The van der Waals surface area contributed by atoms with Crippen LogP contribution in [0.1, 0.15) is 18.4 Å². The molecule has 0 aromatic heterocycles. The van der Waals surface area contributed by atoms with E-state index in [1.165, 1.54) is 22.5 Å². The van der Waals surface area contributed by atoms with Gasteiger partial charge in [0.15, 0.2) is 0 Å². The van der Waals surface area contributed by atoms with Crippen LogP contribution in [0.5, 0.6) is 5.75 Å². The Balaban J connectivity index is 1.57. The monoisotopic (exact) mass is 466 g/mol.